The summed E-state index contributed by atoms with van der Waals surface area (Å²) in [5.41, 5.74) is 5.03. The van der Waals surface area contributed by atoms with Crippen molar-refractivity contribution in [3.8, 4) is 0 Å². The third-order valence-electron chi connectivity index (χ3n) is 2.12. The molecular weight excluding hydrogens is 196 g/mol. The Kier molecular flexibility index (Phi) is 3.74. The van der Waals surface area contributed by atoms with Gasteiger partial charge in [0.25, 0.3) is 0 Å². The molecule has 0 aliphatic heterocycles. The maximum absolute atomic E-state index is 10.7. The summed E-state index contributed by atoms with van der Waals surface area (Å²) in [6.07, 6.45) is -0.328. The molecule has 0 spiro atoms. The van der Waals surface area contributed by atoms with Gasteiger partial charge in [0.1, 0.15) is 17.6 Å². The van der Waals surface area contributed by atoms with Crippen molar-refractivity contribution in [3.05, 3.63) is 23.7 Å². The van der Waals surface area contributed by atoms with E-state index in [4.69, 9.17) is 14.9 Å². The fraction of sp³-hybridized carbons (Fsp3) is 0.500. The van der Waals surface area contributed by atoms with E-state index in [2.05, 4.69) is 5.32 Å². The van der Waals surface area contributed by atoms with Crippen LogP contribution in [-0.2, 0) is 4.74 Å². The minimum atomic E-state index is -0.576. The van der Waals surface area contributed by atoms with Gasteiger partial charge in [0.2, 0.25) is 0 Å². The average Bonchev–Trinajstić information content (AvgIpc) is 2.51. The van der Waals surface area contributed by atoms with E-state index in [9.17, 15) is 4.79 Å². The number of amides is 2. The zero-order chi connectivity index (χ0) is 11.4. The standard InChI is InChI=1S/C10H16N2O3/c1-6-4-5-8(15-6)9(14-3)7(2)12-10(11)13/h4-5,7,9H,1-3H3,(H3,11,12,13). The van der Waals surface area contributed by atoms with E-state index in [-0.39, 0.29) is 12.1 Å². The number of nitrogens with one attached hydrogen (secondary N) is 1. The van der Waals surface area contributed by atoms with E-state index in [1.807, 2.05) is 19.1 Å². The summed E-state index contributed by atoms with van der Waals surface area (Å²) < 4.78 is 10.7. The topological polar surface area (TPSA) is 77.5 Å². The molecule has 0 aliphatic carbocycles. The first-order valence-corrected chi connectivity index (χ1v) is 4.69. The molecule has 5 nitrogen and oxygen atoms in total. The molecule has 1 heterocycles. The maximum atomic E-state index is 10.7. The first-order chi connectivity index (χ1) is 7.04. The highest BCUT2D eigenvalue weighted by Gasteiger charge is 2.22. The summed E-state index contributed by atoms with van der Waals surface area (Å²) in [6, 6.07) is 2.85. The lowest BCUT2D eigenvalue weighted by Crippen LogP contribution is -2.40. The van der Waals surface area contributed by atoms with E-state index < -0.39 is 6.03 Å². The Hall–Kier alpha value is -1.49. The van der Waals surface area contributed by atoms with Crippen molar-refractivity contribution in [3.63, 3.8) is 0 Å². The highest BCUT2D eigenvalue weighted by atomic mass is 16.5. The van der Waals surface area contributed by atoms with Crippen LogP contribution in [-0.4, -0.2) is 19.2 Å². The number of ether oxygens (including phenoxy) is 1. The molecule has 2 amide bonds. The number of furan rings is 1. The number of hydrogen-bond donors (Lipinski definition) is 2. The number of aryl methyl sites for hydroxylation is 1. The number of urea groups is 1. The van der Waals surface area contributed by atoms with E-state index in [0.29, 0.717) is 5.76 Å². The van der Waals surface area contributed by atoms with E-state index in [1.165, 1.54) is 0 Å². The van der Waals surface area contributed by atoms with Gasteiger partial charge in [-0.05, 0) is 26.0 Å². The van der Waals surface area contributed by atoms with Crippen LogP contribution in [0, 0.1) is 6.92 Å². The number of rotatable bonds is 4. The second-order valence-corrected chi connectivity index (χ2v) is 3.40. The molecule has 3 N–H and O–H groups in total. The van der Waals surface area contributed by atoms with Crippen LogP contribution in [0.15, 0.2) is 16.5 Å². The van der Waals surface area contributed by atoms with Crippen LogP contribution in [0.1, 0.15) is 24.5 Å². The molecule has 0 saturated carbocycles. The Morgan fingerprint density at radius 1 is 1.60 bits per heavy atom. The highest BCUT2D eigenvalue weighted by Crippen LogP contribution is 2.22. The van der Waals surface area contributed by atoms with Crippen molar-refractivity contribution in [2.45, 2.75) is 26.0 Å². The van der Waals surface area contributed by atoms with Gasteiger partial charge in [-0.15, -0.1) is 0 Å². The molecule has 0 saturated heterocycles. The van der Waals surface area contributed by atoms with Gasteiger partial charge < -0.3 is 20.2 Å². The second-order valence-electron chi connectivity index (χ2n) is 3.40. The van der Waals surface area contributed by atoms with Crippen molar-refractivity contribution in [1.29, 1.82) is 0 Å². The molecule has 5 heteroatoms. The maximum Gasteiger partial charge on any atom is 0.312 e. The summed E-state index contributed by atoms with van der Waals surface area (Å²) in [4.78, 5) is 10.7. The lowest BCUT2D eigenvalue weighted by molar-refractivity contribution is 0.0584. The Bertz CT molecular complexity index is 335. The van der Waals surface area contributed by atoms with E-state index >= 15 is 0 Å². The SMILES string of the molecule is COC(c1ccc(C)o1)C(C)NC(N)=O. The van der Waals surface area contributed by atoms with Gasteiger partial charge in [-0.2, -0.15) is 0 Å². The summed E-state index contributed by atoms with van der Waals surface area (Å²) in [5, 5.41) is 2.56. The number of carbonyl (C=O) groups excluding carboxylic acids is 1. The monoisotopic (exact) mass is 212 g/mol. The minimum absolute atomic E-state index is 0.238. The number of nitrogens with two attached hydrogens (primary N) is 1. The van der Waals surface area contributed by atoms with Gasteiger partial charge in [0, 0.05) is 7.11 Å². The molecule has 0 aromatic carbocycles. The summed E-state index contributed by atoms with van der Waals surface area (Å²) in [5.74, 6) is 1.48. The van der Waals surface area contributed by atoms with Crippen LogP contribution >= 0.6 is 0 Å². The fourth-order valence-corrected chi connectivity index (χ4v) is 1.47. The normalized spacial score (nSPS) is 14.6. The van der Waals surface area contributed by atoms with Crippen molar-refractivity contribution in [2.75, 3.05) is 7.11 Å². The third kappa shape index (κ3) is 2.99. The van der Waals surface area contributed by atoms with Crippen molar-refractivity contribution < 1.29 is 13.9 Å². The van der Waals surface area contributed by atoms with Gasteiger partial charge in [0.05, 0.1) is 6.04 Å². The lowest BCUT2D eigenvalue weighted by Gasteiger charge is -2.20. The predicted molar refractivity (Wildman–Crippen MR) is 55.4 cm³/mol. The number of hydrogen-bond acceptors (Lipinski definition) is 3. The number of methoxy groups -OCH3 is 1. The number of carbonyl (C=O) groups is 1. The average molecular weight is 212 g/mol. The van der Waals surface area contributed by atoms with Crippen LogP contribution in [0.3, 0.4) is 0 Å². The van der Waals surface area contributed by atoms with E-state index in [1.54, 1.807) is 14.0 Å². The Labute approximate surface area is 88.6 Å². The van der Waals surface area contributed by atoms with Gasteiger partial charge >= 0.3 is 6.03 Å². The zero-order valence-corrected chi connectivity index (χ0v) is 9.11. The smallest absolute Gasteiger partial charge is 0.312 e. The predicted octanol–water partition coefficient (Wildman–Crippen LogP) is 1.33. The van der Waals surface area contributed by atoms with Gasteiger partial charge in [-0.25, -0.2) is 4.79 Å². The summed E-state index contributed by atoms with van der Waals surface area (Å²) in [7, 11) is 1.56. The molecule has 0 bridgehead atoms. The second kappa shape index (κ2) is 4.84. The zero-order valence-electron chi connectivity index (χ0n) is 9.11. The molecule has 1 rings (SSSR count). The summed E-state index contributed by atoms with van der Waals surface area (Å²) >= 11 is 0. The molecular formula is C10H16N2O3. The van der Waals surface area contributed by atoms with E-state index in [0.717, 1.165) is 5.76 Å². The quantitative estimate of drug-likeness (QED) is 0.790. The van der Waals surface area contributed by atoms with Crippen LogP contribution in [0.4, 0.5) is 4.79 Å². The lowest BCUT2D eigenvalue weighted by atomic mass is 10.1. The molecule has 0 aliphatic rings. The Balaban J connectivity index is 2.74. The Morgan fingerprint density at radius 3 is 2.67 bits per heavy atom. The van der Waals surface area contributed by atoms with Crippen LogP contribution in [0.2, 0.25) is 0 Å². The molecule has 2 unspecified atom stereocenters. The third-order valence-corrected chi connectivity index (χ3v) is 2.12. The van der Waals surface area contributed by atoms with Gasteiger partial charge in [0.15, 0.2) is 0 Å². The van der Waals surface area contributed by atoms with Crippen LogP contribution in [0.25, 0.3) is 0 Å². The largest absolute Gasteiger partial charge is 0.464 e. The Morgan fingerprint density at radius 2 is 2.27 bits per heavy atom. The fourth-order valence-electron chi connectivity index (χ4n) is 1.47. The minimum Gasteiger partial charge on any atom is -0.464 e. The van der Waals surface area contributed by atoms with Crippen LogP contribution in [0.5, 0.6) is 0 Å². The van der Waals surface area contributed by atoms with Crippen molar-refractivity contribution in [1.82, 2.24) is 5.32 Å². The molecule has 1 aromatic rings. The molecule has 2 atom stereocenters. The highest BCUT2D eigenvalue weighted by molar-refractivity contribution is 5.72. The molecule has 15 heavy (non-hydrogen) atoms. The molecule has 0 radical (unpaired) electrons. The van der Waals surface area contributed by atoms with Gasteiger partial charge in [-0.3, -0.25) is 0 Å². The van der Waals surface area contributed by atoms with Crippen molar-refractivity contribution in [2.24, 2.45) is 5.73 Å². The molecule has 1 aromatic heterocycles. The van der Waals surface area contributed by atoms with Crippen molar-refractivity contribution >= 4 is 6.03 Å². The molecule has 0 fully saturated rings. The van der Waals surface area contributed by atoms with Crippen LogP contribution < -0.4 is 11.1 Å². The first-order valence-electron chi connectivity index (χ1n) is 4.69. The summed E-state index contributed by atoms with van der Waals surface area (Å²) in [6.45, 7) is 3.65. The first kappa shape index (κ1) is 11.6. The molecule has 84 valence electrons. The van der Waals surface area contributed by atoms with Gasteiger partial charge in [-0.1, -0.05) is 0 Å². The number of primary amides is 1.